The average Bonchev–Trinajstić information content (AvgIpc) is 3.44. The van der Waals surface area contributed by atoms with Crippen molar-refractivity contribution in [2.75, 3.05) is 39.4 Å². The van der Waals surface area contributed by atoms with Crippen LogP contribution >= 0.6 is 11.6 Å². The molecule has 0 N–H and O–H groups in total. The van der Waals surface area contributed by atoms with Gasteiger partial charge in [-0.05, 0) is 61.7 Å². The zero-order valence-electron chi connectivity index (χ0n) is 22.6. The Hall–Kier alpha value is -2.48. The van der Waals surface area contributed by atoms with Crippen molar-refractivity contribution in [2.24, 2.45) is 0 Å². The highest BCUT2D eigenvalue weighted by Gasteiger charge is 2.49. The fourth-order valence-corrected chi connectivity index (χ4v) is 5.96. The Bertz CT molecular complexity index is 1170. The van der Waals surface area contributed by atoms with Crippen LogP contribution in [0.3, 0.4) is 0 Å². The van der Waals surface area contributed by atoms with Crippen LogP contribution in [0.2, 0.25) is 5.02 Å². The number of ether oxygens (including phenoxy) is 3. The van der Waals surface area contributed by atoms with Crippen LogP contribution in [-0.2, 0) is 21.8 Å². The summed E-state index contributed by atoms with van der Waals surface area (Å²) in [6, 6.07) is 24.7. The lowest BCUT2D eigenvalue weighted by Gasteiger charge is -2.45. The van der Waals surface area contributed by atoms with E-state index in [1.165, 1.54) is 17.7 Å². The lowest BCUT2D eigenvalue weighted by Crippen LogP contribution is -2.57. The third kappa shape index (κ3) is 7.00. The molecule has 39 heavy (non-hydrogen) atoms. The van der Waals surface area contributed by atoms with Crippen LogP contribution in [0.4, 0.5) is 4.39 Å². The largest absolute Gasteiger partial charge is 0.490 e. The predicted molar refractivity (Wildman–Crippen MR) is 152 cm³/mol. The number of rotatable bonds is 11. The third-order valence-corrected chi connectivity index (χ3v) is 7.88. The molecule has 1 unspecified atom stereocenters. The fraction of sp³-hybridized carbons (Fsp3) is 0.438. The second-order valence-corrected chi connectivity index (χ2v) is 10.9. The first-order chi connectivity index (χ1) is 19.1. The highest BCUT2D eigenvalue weighted by molar-refractivity contribution is 6.30. The minimum absolute atomic E-state index is 0.0870. The summed E-state index contributed by atoms with van der Waals surface area (Å²) in [6.07, 6.45) is 3.01. The van der Waals surface area contributed by atoms with Crippen LogP contribution in [0.5, 0.6) is 5.75 Å². The molecule has 1 atom stereocenters. The molecule has 2 aliphatic rings. The quantitative estimate of drug-likeness (QED) is 0.271. The molecule has 0 bridgehead atoms. The van der Waals surface area contributed by atoms with Crippen LogP contribution in [0.1, 0.15) is 37.3 Å². The molecule has 0 saturated carbocycles. The summed E-state index contributed by atoms with van der Waals surface area (Å²) < 4.78 is 33.2. The van der Waals surface area contributed by atoms with Crippen molar-refractivity contribution in [2.45, 2.75) is 50.7 Å². The molecule has 0 radical (unpaired) electrons. The minimum Gasteiger partial charge on any atom is -0.490 e. The molecule has 208 valence electrons. The van der Waals surface area contributed by atoms with Gasteiger partial charge in [0, 0.05) is 36.8 Å². The molecule has 5 nitrogen and oxygen atoms in total. The Morgan fingerprint density at radius 3 is 2.38 bits per heavy atom. The van der Waals surface area contributed by atoms with Crippen molar-refractivity contribution in [3.05, 3.63) is 101 Å². The molecule has 0 aliphatic carbocycles. The van der Waals surface area contributed by atoms with Crippen molar-refractivity contribution < 1.29 is 18.6 Å². The maximum Gasteiger partial charge on any atom is 0.212 e. The van der Waals surface area contributed by atoms with Crippen molar-refractivity contribution in [3.63, 3.8) is 0 Å². The zero-order chi connectivity index (χ0) is 27.1. The molecule has 0 spiro atoms. The van der Waals surface area contributed by atoms with E-state index < -0.39 is 5.79 Å². The molecule has 2 aliphatic heterocycles. The Morgan fingerprint density at radius 1 is 1.00 bits per heavy atom. The molecule has 3 aromatic rings. The minimum atomic E-state index is -0.966. The van der Waals surface area contributed by atoms with E-state index in [4.69, 9.17) is 25.8 Å². The van der Waals surface area contributed by atoms with E-state index in [2.05, 4.69) is 41.0 Å². The van der Waals surface area contributed by atoms with Crippen molar-refractivity contribution >= 4 is 11.6 Å². The number of likely N-dealkylation sites (tertiary alicyclic amines) is 1. The molecule has 2 fully saturated rings. The van der Waals surface area contributed by atoms with E-state index in [9.17, 15) is 4.39 Å². The van der Waals surface area contributed by atoms with Crippen LogP contribution in [0.15, 0.2) is 78.9 Å². The molecule has 2 saturated heterocycles. The molecule has 7 heteroatoms. The van der Waals surface area contributed by atoms with E-state index in [1.807, 2.05) is 42.5 Å². The molecule has 0 amide bonds. The Labute approximate surface area is 236 Å². The maximum atomic E-state index is 13.9. The molecule has 3 aromatic carbocycles. The van der Waals surface area contributed by atoms with Gasteiger partial charge in [0.15, 0.2) is 0 Å². The van der Waals surface area contributed by atoms with E-state index in [0.717, 1.165) is 63.3 Å². The number of hydrogen-bond donors (Lipinski definition) is 0. The Kier molecular flexibility index (Phi) is 9.53. The lowest BCUT2D eigenvalue weighted by atomic mass is 9.93. The topological polar surface area (TPSA) is 34.2 Å². The van der Waals surface area contributed by atoms with E-state index in [0.29, 0.717) is 18.2 Å². The summed E-state index contributed by atoms with van der Waals surface area (Å²) in [5, 5.41) is 0.685. The summed E-state index contributed by atoms with van der Waals surface area (Å²) >= 11 is 6.15. The standard InChI is InChI=1S/C32H38ClFN2O3/c1-2-17-36(23-25-7-4-3-5-8-25)31(32(37-20-21-38-32)26-11-13-28(34)14-12-26)24-35-18-15-29(16-19-35)39-30-10-6-9-27(33)22-30/h3-14,22,29,31H,2,15-21,23-24H2,1H3. The van der Waals surface area contributed by atoms with Gasteiger partial charge in [-0.25, -0.2) is 4.39 Å². The summed E-state index contributed by atoms with van der Waals surface area (Å²) in [4.78, 5) is 4.98. The maximum absolute atomic E-state index is 13.9. The van der Waals surface area contributed by atoms with Gasteiger partial charge in [0.25, 0.3) is 0 Å². The van der Waals surface area contributed by atoms with Crippen LogP contribution in [0.25, 0.3) is 0 Å². The normalized spacial score (nSPS) is 18.9. The van der Waals surface area contributed by atoms with Crippen molar-refractivity contribution in [3.8, 4) is 5.75 Å². The predicted octanol–water partition coefficient (Wildman–Crippen LogP) is 6.50. The highest BCUT2D eigenvalue weighted by atomic mass is 35.5. The van der Waals surface area contributed by atoms with Gasteiger partial charge in [-0.1, -0.05) is 67.1 Å². The highest BCUT2D eigenvalue weighted by Crippen LogP contribution is 2.39. The summed E-state index contributed by atoms with van der Waals surface area (Å²) in [7, 11) is 0. The second-order valence-electron chi connectivity index (χ2n) is 10.4. The summed E-state index contributed by atoms with van der Waals surface area (Å²) in [5.41, 5.74) is 2.11. The summed E-state index contributed by atoms with van der Waals surface area (Å²) in [6.45, 7) is 7.48. The molecule has 0 aromatic heterocycles. The first kappa shape index (κ1) is 28.1. The Morgan fingerprint density at radius 2 is 1.72 bits per heavy atom. The molecular weight excluding hydrogens is 515 g/mol. The number of piperidine rings is 1. The van der Waals surface area contributed by atoms with Gasteiger partial charge in [0.2, 0.25) is 5.79 Å². The van der Waals surface area contributed by atoms with Gasteiger partial charge in [-0.15, -0.1) is 0 Å². The van der Waals surface area contributed by atoms with Crippen molar-refractivity contribution in [1.82, 2.24) is 9.80 Å². The average molecular weight is 553 g/mol. The number of nitrogens with zero attached hydrogens (tertiary/aromatic N) is 2. The third-order valence-electron chi connectivity index (χ3n) is 7.65. The zero-order valence-corrected chi connectivity index (χ0v) is 23.4. The first-order valence-corrected chi connectivity index (χ1v) is 14.4. The van der Waals surface area contributed by atoms with Gasteiger partial charge >= 0.3 is 0 Å². The number of halogens is 2. The molecule has 5 rings (SSSR count). The molecular formula is C32H38ClFN2O3. The van der Waals surface area contributed by atoms with Gasteiger partial charge in [-0.2, -0.15) is 0 Å². The number of hydrogen-bond acceptors (Lipinski definition) is 5. The number of benzene rings is 3. The smallest absolute Gasteiger partial charge is 0.212 e. The SMILES string of the molecule is CCCN(Cc1ccccc1)C(CN1CCC(Oc2cccc(Cl)c2)CC1)C1(c2ccc(F)cc2)OCCO1. The lowest BCUT2D eigenvalue weighted by molar-refractivity contribution is -0.217. The van der Waals surface area contributed by atoms with E-state index in [1.54, 1.807) is 0 Å². The summed E-state index contributed by atoms with van der Waals surface area (Å²) in [5.74, 6) is -0.412. The Balaban J connectivity index is 1.38. The fourth-order valence-electron chi connectivity index (χ4n) is 5.78. The van der Waals surface area contributed by atoms with Crippen molar-refractivity contribution in [1.29, 1.82) is 0 Å². The second kappa shape index (κ2) is 13.2. The van der Waals surface area contributed by atoms with E-state index >= 15 is 0 Å². The van der Waals surface area contributed by atoms with Gasteiger partial charge in [0.05, 0.1) is 19.3 Å². The van der Waals surface area contributed by atoms with E-state index in [-0.39, 0.29) is 18.0 Å². The van der Waals surface area contributed by atoms with Crippen LogP contribution < -0.4 is 4.74 Å². The van der Waals surface area contributed by atoms with Gasteiger partial charge in [-0.3, -0.25) is 4.90 Å². The van der Waals surface area contributed by atoms with Gasteiger partial charge < -0.3 is 19.1 Å². The van der Waals surface area contributed by atoms with Gasteiger partial charge in [0.1, 0.15) is 17.7 Å². The van der Waals surface area contributed by atoms with Crippen LogP contribution in [0, 0.1) is 5.82 Å². The molecule has 2 heterocycles. The van der Waals surface area contributed by atoms with Crippen LogP contribution in [-0.4, -0.2) is 61.3 Å². The monoisotopic (exact) mass is 552 g/mol. The first-order valence-electron chi connectivity index (χ1n) is 14.0.